The van der Waals surface area contributed by atoms with Crippen molar-refractivity contribution in [1.82, 2.24) is 0 Å². The van der Waals surface area contributed by atoms with Gasteiger partial charge in [0.2, 0.25) is 0 Å². The molecule has 0 aromatic heterocycles. The van der Waals surface area contributed by atoms with E-state index in [1.165, 1.54) is 31.4 Å². The number of ether oxygens (including phenoxy) is 2. The van der Waals surface area contributed by atoms with Crippen molar-refractivity contribution in [3.05, 3.63) is 75.8 Å². The van der Waals surface area contributed by atoms with Crippen LogP contribution in [0.4, 0.5) is 33.2 Å². The number of carbonyl (C=O) groups is 1. The minimum atomic E-state index is -4.07. The minimum absolute atomic E-state index is 0.0731. The lowest BCUT2D eigenvalue weighted by atomic mass is 10.2. The van der Waals surface area contributed by atoms with Gasteiger partial charge in [0.25, 0.3) is 15.7 Å². The van der Waals surface area contributed by atoms with Crippen molar-refractivity contribution >= 4 is 56.1 Å². The van der Waals surface area contributed by atoms with Crippen LogP contribution in [-0.4, -0.2) is 52.8 Å². The van der Waals surface area contributed by atoms with Crippen molar-refractivity contribution in [1.29, 1.82) is 0 Å². The van der Waals surface area contributed by atoms with Crippen molar-refractivity contribution in [3.63, 3.8) is 0 Å². The van der Waals surface area contributed by atoms with Crippen LogP contribution in [-0.2, 0) is 14.8 Å². The van der Waals surface area contributed by atoms with Crippen LogP contribution < -0.4 is 25.0 Å². The molecule has 0 radical (unpaired) electrons. The summed E-state index contributed by atoms with van der Waals surface area (Å²) in [6.45, 7) is 2.00. The number of nitro benzene ring substituents is 1. The van der Waals surface area contributed by atoms with Crippen LogP contribution >= 0.6 is 11.6 Å². The second-order valence-electron chi connectivity index (χ2n) is 8.09. The molecule has 1 aliphatic rings. The van der Waals surface area contributed by atoms with E-state index in [-0.39, 0.29) is 32.7 Å². The molecular formula is C24H24ClN5O7S. The molecule has 3 N–H and O–H groups in total. The van der Waals surface area contributed by atoms with E-state index in [0.717, 1.165) is 6.07 Å². The van der Waals surface area contributed by atoms with Gasteiger partial charge in [-0.2, -0.15) is 0 Å². The third-order valence-corrected chi connectivity index (χ3v) is 7.31. The maximum Gasteiger partial charge on any atom is 0.323 e. The summed E-state index contributed by atoms with van der Waals surface area (Å²) >= 11 is 5.85. The van der Waals surface area contributed by atoms with Gasteiger partial charge < -0.3 is 25.0 Å². The van der Waals surface area contributed by atoms with E-state index in [2.05, 4.69) is 15.4 Å². The first-order valence-corrected chi connectivity index (χ1v) is 13.2. The number of urea groups is 1. The first-order valence-electron chi connectivity index (χ1n) is 11.3. The van der Waals surface area contributed by atoms with Gasteiger partial charge in [-0.05, 0) is 42.5 Å². The number of methoxy groups -OCH3 is 1. The van der Waals surface area contributed by atoms with E-state index in [4.69, 9.17) is 21.1 Å². The predicted molar refractivity (Wildman–Crippen MR) is 144 cm³/mol. The first-order chi connectivity index (χ1) is 18.2. The number of hydrogen-bond donors (Lipinski definition) is 3. The van der Waals surface area contributed by atoms with Crippen LogP contribution in [0.15, 0.2) is 65.6 Å². The van der Waals surface area contributed by atoms with Crippen LogP contribution in [0, 0.1) is 10.1 Å². The SMILES string of the molecule is COc1ccccc1NS(=O)(=O)c1ccc(N2CCOCC2)c(NC(=O)Nc2ccc(Cl)c([N+](=O)[O-])c2)c1. The highest BCUT2D eigenvalue weighted by molar-refractivity contribution is 7.92. The molecule has 4 rings (SSSR count). The molecule has 3 aromatic carbocycles. The molecule has 200 valence electrons. The maximum absolute atomic E-state index is 13.2. The average Bonchev–Trinajstić information content (AvgIpc) is 2.90. The summed E-state index contributed by atoms with van der Waals surface area (Å²) < 4.78 is 39.6. The van der Waals surface area contributed by atoms with Crippen molar-refractivity contribution in [2.75, 3.05) is 53.7 Å². The zero-order valence-corrected chi connectivity index (χ0v) is 21.7. The number of nitrogens with zero attached hydrogens (tertiary/aromatic N) is 2. The minimum Gasteiger partial charge on any atom is -0.495 e. The number of sulfonamides is 1. The molecule has 2 amide bonds. The lowest BCUT2D eigenvalue weighted by molar-refractivity contribution is -0.384. The zero-order valence-electron chi connectivity index (χ0n) is 20.1. The van der Waals surface area contributed by atoms with Crippen molar-refractivity contribution in [2.45, 2.75) is 4.90 Å². The lowest BCUT2D eigenvalue weighted by Crippen LogP contribution is -2.37. The number of anilines is 4. The third-order valence-electron chi connectivity index (χ3n) is 5.63. The van der Waals surface area contributed by atoms with Gasteiger partial charge >= 0.3 is 6.03 Å². The van der Waals surface area contributed by atoms with Crippen LogP contribution in [0.3, 0.4) is 0 Å². The molecule has 1 saturated heterocycles. The Morgan fingerprint density at radius 2 is 1.79 bits per heavy atom. The van der Waals surface area contributed by atoms with Crippen LogP contribution in [0.5, 0.6) is 5.75 Å². The Bertz CT molecular complexity index is 1460. The number of rotatable bonds is 8. The molecule has 1 heterocycles. The zero-order chi connectivity index (χ0) is 27.3. The molecule has 14 heteroatoms. The largest absolute Gasteiger partial charge is 0.495 e. The van der Waals surface area contributed by atoms with Gasteiger partial charge in [-0.1, -0.05) is 23.7 Å². The van der Waals surface area contributed by atoms with E-state index in [9.17, 15) is 23.3 Å². The van der Waals surface area contributed by atoms with Gasteiger partial charge in [-0.15, -0.1) is 0 Å². The Labute approximate surface area is 223 Å². The highest BCUT2D eigenvalue weighted by Crippen LogP contribution is 2.33. The Balaban J connectivity index is 1.64. The molecule has 0 unspecified atom stereocenters. The second kappa shape index (κ2) is 11.5. The predicted octanol–water partition coefficient (Wildman–Crippen LogP) is 4.54. The Kier molecular flexibility index (Phi) is 8.20. The Hall–Kier alpha value is -4.07. The third kappa shape index (κ3) is 6.25. The van der Waals surface area contributed by atoms with E-state index in [1.807, 2.05) is 4.90 Å². The van der Waals surface area contributed by atoms with Crippen molar-refractivity contribution < 1.29 is 27.6 Å². The van der Waals surface area contributed by atoms with Crippen LogP contribution in [0.1, 0.15) is 0 Å². The quantitative estimate of drug-likeness (QED) is 0.268. The second-order valence-corrected chi connectivity index (χ2v) is 10.2. The number of nitro groups is 1. The Morgan fingerprint density at radius 3 is 2.50 bits per heavy atom. The highest BCUT2D eigenvalue weighted by Gasteiger charge is 2.22. The van der Waals surface area contributed by atoms with Gasteiger partial charge in [-0.3, -0.25) is 14.8 Å². The van der Waals surface area contributed by atoms with Crippen LogP contribution in [0.25, 0.3) is 0 Å². The van der Waals surface area contributed by atoms with Crippen molar-refractivity contribution in [3.8, 4) is 5.75 Å². The van der Waals surface area contributed by atoms with Gasteiger partial charge in [0.15, 0.2) is 0 Å². The van der Waals surface area contributed by atoms with E-state index in [0.29, 0.717) is 37.7 Å². The molecule has 38 heavy (non-hydrogen) atoms. The summed E-state index contributed by atoms with van der Waals surface area (Å²) in [5, 5.41) is 16.3. The monoisotopic (exact) mass is 561 g/mol. The summed E-state index contributed by atoms with van der Waals surface area (Å²) in [7, 11) is -2.63. The molecule has 1 aliphatic heterocycles. The molecular weight excluding hydrogens is 538 g/mol. The van der Waals surface area contributed by atoms with E-state index >= 15 is 0 Å². The number of morpholine rings is 1. The summed E-state index contributed by atoms with van der Waals surface area (Å²) in [5.41, 5.74) is 0.823. The molecule has 0 spiro atoms. The van der Waals surface area contributed by atoms with Gasteiger partial charge in [0, 0.05) is 24.8 Å². The van der Waals surface area contributed by atoms with Crippen molar-refractivity contribution in [2.24, 2.45) is 0 Å². The molecule has 3 aromatic rings. The topological polar surface area (TPSA) is 152 Å². The summed E-state index contributed by atoms with van der Waals surface area (Å²) in [4.78, 5) is 25.2. The lowest BCUT2D eigenvalue weighted by Gasteiger charge is -2.30. The van der Waals surface area contributed by atoms with Gasteiger partial charge in [0.05, 0.1) is 47.2 Å². The molecule has 0 atom stereocenters. The fraction of sp³-hybridized carbons (Fsp3) is 0.208. The number of amides is 2. The fourth-order valence-electron chi connectivity index (χ4n) is 3.81. The van der Waals surface area contributed by atoms with E-state index in [1.54, 1.807) is 30.3 Å². The summed E-state index contributed by atoms with van der Waals surface area (Å²) in [6, 6.07) is 14.1. The summed E-state index contributed by atoms with van der Waals surface area (Å²) in [5.74, 6) is 0.343. The smallest absolute Gasteiger partial charge is 0.323 e. The number of nitrogens with one attached hydrogen (secondary N) is 3. The molecule has 1 fully saturated rings. The summed E-state index contributed by atoms with van der Waals surface area (Å²) in [6.07, 6.45) is 0. The number of hydrogen-bond acceptors (Lipinski definition) is 8. The number of benzene rings is 3. The maximum atomic E-state index is 13.2. The number of para-hydroxylation sites is 2. The fourth-order valence-corrected chi connectivity index (χ4v) is 5.09. The molecule has 0 aliphatic carbocycles. The van der Waals surface area contributed by atoms with E-state index < -0.39 is 21.0 Å². The van der Waals surface area contributed by atoms with Gasteiger partial charge in [0.1, 0.15) is 10.8 Å². The first kappa shape index (κ1) is 27.0. The number of halogens is 1. The number of carbonyl (C=O) groups excluding carboxylic acids is 1. The standard InChI is InChI=1S/C24H24ClN5O7S/c1-36-23-5-3-2-4-19(23)28-38(34,35)17-7-9-21(29-10-12-37-13-11-29)20(15-17)27-24(31)26-16-6-8-18(25)22(14-16)30(32)33/h2-9,14-15,28H,10-13H2,1H3,(H2,26,27,31). The molecule has 12 nitrogen and oxygen atoms in total. The average molecular weight is 562 g/mol. The normalized spacial score (nSPS) is 13.5. The van der Waals surface area contributed by atoms with Gasteiger partial charge in [-0.25, -0.2) is 13.2 Å². The van der Waals surface area contributed by atoms with Crippen LogP contribution in [0.2, 0.25) is 5.02 Å². The molecule has 0 saturated carbocycles. The molecule has 0 bridgehead atoms. The highest BCUT2D eigenvalue weighted by atomic mass is 35.5. The Morgan fingerprint density at radius 1 is 1.05 bits per heavy atom.